The molecule has 10 heteroatoms. The number of hydrogen-bond donors (Lipinski definition) is 2. The van der Waals surface area contributed by atoms with E-state index in [0.717, 1.165) is 37.3 Å². The fourth-order valence-corrected chi connectivity index (χ4v) is 6.08. The number of phenolic OH excluding ortho intramolecular Hbond substituents is 1. The van der Waals surface area contributed by atoms with Crippen molar-refractivity contribution in [2.24, 2.45) is 5.92 Å². The molecule has 1 aromatic carbocycles. The third-order valence-corrected chi connectivity index (χ3v) is 7.91. The maximum absolute atomic E-state index is 12.5. The normalized spacial score (nSPS) is 21.1. The van der Waals surface area contributed by atoms with Crippen LogP contribution in [0.4, 0.5) is 26.0 Å². The lowest BCUT2D eigenvalue weighted by molar-refractivity contribution is 0.0439. The first-order valence-corrected chi connectivity index (χ1v) is 13.3. The fraction of sp³-hybridized carbons (Fsp3) is 0.414. The zero-order valence-corrected chi connectivity index (χ0v) is 21.5. The highest BCUT2D eigenvalue weighted by Crippen LogP contribution is 2.39. The Kier molecular flexibility index (Phi) is 6.92. The number of likely N-dealkylation sites (tertiary alicyclic amines) is 1. The molecule has 2 atom stereocenters. The van der Waals surface area contributed by atoms with Crippen LogP contribution in [0.15, 0.2) is 48.7 Å². The van der Waals surface area contributed by atoms with Crippen molar-refractivity contribution in [3.8, 4) is 28.8 Å². The summed E-state index contributed by atoms with van der Waals surface area (Å²) in [7, 11) is 0. The number of fused-ring (bicyclic) bond motifs is 2. The van der Waals surface area contributed by atoms with E-state index < -0.39 is 6.43 Å². The minimum Gasteiger partial charge on any atom is -0.507 e. The lowest BCUT2D eigenvalue weighted by atomic mass is 9.97. The number of pyridine rings is 1. The third-order valence-electron chi connectivity index (χ3n) is 7.91. The van der Waals surface area contributed by atoms with Gasteiger partial charge in [-0.25, -0.2) is 13.8 Å². The number of para-hydroxylation sites is 1. The van der Waals surface area contributed by atoms with Gasteiger partial charge in [0, 0.05) is 62.1 Å². The van der Waals surface area contributed by atoms with Gasteiger partial charge in [0.1, 0.15) is 11.4 Å². The van der Waals surface area contributed by atoms with E-state index >= 15 is 0 Å². The van der Waals surface area contributed by atoms with E-state index in [4.69, 9.17) is 5.73 Å². The average molecular weight is 532 g/mol. The third kappa shape index (κ3) is 5.32. The van der Waals surface area contributed by atoms with Gasteiger partial charge < -0.3 is 20.6 Å². The van der Waals surface area contributed by atoms with E-state index in [2.05, 4.69) is 41.7 Å². The molecule has 3 fully saturated rings. The first-order valence-electron chi connectivity index (χ1n) is 13.3. The Morgan fingerprint density at radius 1 is 1.03 bits per heavy atom. The topological polar surface area (TPSA) is 94.6 Å². The molecule has 3 aromatic rings. The molecule has 2 bridgehead atoms. The van der Waals surface area contributed by atoms with E-state index in [1.165, 1.54) is 0 Å². The lowest BCUT2D eigenvalue weighted by Gasteiger charge is -2.43. The molecular weight excluding hydrogens is 500 g/mol. The number of anilines is 3. The van der Waals surface area contributed by atoms with Crippen molar-refractivity contribution in [1.29, 1.82) is 0 Å². The number of rotatable bonds is 6. The second-order valence-corrected chi connectivity index (χ2v) is 10.6. The van der Waals surface area contributed by atoms with Gasteiger partial charge in [-0.1, -0.05) is 18.1 Å². The monoisotopic (exact) mass is 531 g/mol. The van der Waals surface area contributed by atoms with Crippen molar-refractivity contribution in [2.75, 3.05) is 48.3 Å². The molecular formula is C29H31F2N7O. The Bertz CT molecular complexity index is 1390. The van der Waals surface area contributed by atoms with E-state index in [1.54, 1.807) is 18.3 Å². The average Bonchev–Trinajstić information content (AvgIpc) is 3.17. The minimum absolute atomic E-state index is 0.0226. The van der Waals surface area contributed by atoms with Crippen molar-refractivity contribution in [3.63, 3.8) is 0 Å². The van der Waals surface area contributed by atoms with Crippen LogP contribution in [-0.4, -0.2) is 76.4 Å². The van der Waals surface area contributed by atoms with Gasteiger partial charge in [-0.2, -0.15) is 0 Å². The molecule has 8 nitrogen and oxygen atoms in total. The first kappa shape index (κ1) is 25.3. The number of benzene rings is 1. The summed E-state index contributed by atoms with van der Waals surface area (Å²) in [4.78, 5) is 11.3. The number of aromatic hydroxyl groups is 1. The predicted octanol–water partition coefficient (Wildman–Crippen LogP) is 3.62. The van der Waals surface area contributed by atoms with Gasteiger partial charge in [0.2, 0.25) is 6.43 Å². The SMILES string of the molecule is Nc1nnc(-c2ccccc2O)cc1N1CC2CCC(C1)N2c1ccnc(C#CCN2CC(CC(F)F)C2)c1. The minimum atomic E-state index is -2.23. The molecule has 2 aromatic heterocycles. The molecule has 3 aliphatic rings. The number of nitrogens with two attached hydrogens (primary N) is 1. The molecule has 39 heavy (non-hydrogen) atoms. The highest BCUT2D eigenvalue weighted by Gasteiger charge is 2.40. The maximum atomic E-state index is 12.5. The van der Waals surface area contributed by atoms with Crippen molar-refractivity contribution >= 4 is 17.2 Å². The Hall–Kier alpha value is -3.97. The van der Waals surface area contributed by atoms with Crippen LogP contribution in [0, 0.1) is 17.8 Å². The summed E-state index contributed by atoms with van der Waals surface area (Å²) in [6, 6.07) is 13.7. The summed E-state index contributed by atoms with van der Waals surface area (Å²) < 4.78 is 25.0. The Morgan fingerprint density at radius 2 is 1.79 bits per heavy atom. The van der Waals surface area contributed by atoms with Gasteiger partial charge in [-0.05, 0) is 55.0 Å². The van der Waals surface area contributed by atoms with Crippen LogP contribution in [0.25, 0.3) is 11.3 Å². The molecule has 6 rings (SSSR count). The highest BCUT2D eigenvalue weighted by atomic mass is 19.3. The molecule has 202 valence electrons. The molecule has 0 radical (unpaired) electrons. The molecule has 2 unspecified atom stereocenters. The van der Waals surface area contributed by atoms with Crippen LogP contribution < -0.4 is 15.5 Å². The van der Waals surface area contributed by atoms with Crippen molar-refractivity contribution < 1.29 is 13.9 Å². The van der Waals surface area contributed by atoms with Crippen LogP contribution in [0.2, 0.25) is 0 Å². The van der Waals surface area contributed by atoms with Crippen molar-refractivity contribution in [2.45, 2.75) is 37.8 Å². The Morgan fingerprint density at radius 3 is 2.54 bits per heavy atom. The van der Waals surface area contributed by atoms with Crippen molar-refractivity contribution in [1.82, 2.24) is 20.1 Å². The number of nitrogen functional groups attached to an aromatic ring is 1. The van der Waals surface area contributed by atoms with Crippen LogP contribution in [-0.2, 0) is 0 Å². The predicted molar refractivity (Wildman–Crippen MR) is 147 cm³/mol. The quantitative estimate of drug-likeness (QED) is 0.466. The summed E-state index contributed by atoms with van der Waals surface area (Å²) in [5.74, 6) is 6.93. The number of piperazine rings is 1. The zero-order chi connectivity index (χ0) is 26.9. The largest absolute Gasteiger partial charge is 0.507 e. The van der Waals surface area contributed by atoms with E-state index in [0.29, 0.717) is 54.5 Å². The molecule has 3 N–H and O–H groups in total. The summed E-state index contributed by atoms with van der Waals surface area (Å²) in [6.07, 6.45) is 1.70. The lowest BCUT2D eigenvalue weighted by Crippen LogP contribution is -2.54. The Balaban J connectivity index is 1.13. The first-order chi connectivity index (χ1) is 18.9. The van der Waals surface area contributed by atoms with E-state index in [1.807, 2.05) is 30.3 Å². The summed E-state index contributed by atoms with van der Waals surface area (Å²) in [5.41, 5.74) is 10.1. The smallest absolute Gasteiger partial charge is 0.239 e. The van der Waals surface area contributed by atoms with Gasteiger partial charge in [-0.15, -0.1) is 10.2 Å². The zero-order valence-electron chi connectivity index (χ0n) is 21.5. The summed E-state index contributed by atoms with van der Waals surface area (Å²) >= 11 is 0. The Labute approximate surface area is 226 Å². The second kappa shape index (κ2) is 10.7. The van der Waals surface area contributed by atoms with Gasteiger partial charge >= 0.3 is 0 Å². The van der Waals surface area contributed by atoms with Gasteiger partial charge in [0.15, 0.2) is 5.82 Å². The molecule has 0 aliphatic carbocycles. The van der Waals surface area contributed by atoms with Crippen LogP contribution >= 0.6 is 0 Å². The standard InChI is InChI=1S/C29H31F2N7O/c30-28(31)12-19-15-36(16-19)11-3-4-20-13-21(9-10-33-20)38-22-7-8-23(38)18-37(17-22)26-14-25(34-35-29(26)32)24-5-1-2-6-27(24)39/h1-2,5-6,9-10,13-14,19,22-23,28,39H,7-8,11-12,15-18H2,(H2,32,35). The molecule has 0 spiro atoms. The number of aromatic nitrogens is 3. The molecule has 0 amide bonds. The van der Waals surface area contributed by atoms with E-state index in [9.17, 15) is 13.9 Å². The van der Waals surface area contributed by atoms with Gasteiger partial charge in [0.25, 0.3) is 0 Å². The number of alkyl halides is 2. The van der Waals surface area contributed by atoms with Crippen LogP contribution in [0.3, 0.4) is 0 Å². The van der Waals surface area contributed by atoms with Crippen LogP contribution in [0.5, 0.6) is 5.75 Å². The van der Waals surface area contributed by atoms with Crippen molar-refractivity contribution in [3.05, 3.63) is 54.4 Å². The fourth-order valence-electron chi connectivity index (χ4n) is 6.08. The number of halogens is 2. The molecule has 3 saturated heterocycles. The van der Waals surface area contributed by atoms with Gasteiger partial charge in [0.05, 0.1) is 17.9 Å². The van der Waals surface area contributed by atoms with Gasteiger partial charge in [-0.3, -0.25) is 4.90 Å². The number of hydrogen-bond acceptors (Lipinski definition) is 8. The maximum Gasteiger partial charge on any atom is 0.239 e. The molecule has 5 heterocycles. The molecule has 0 saturated carbocycles. The van der Waals surface area contributed by atoms with E-state index in [-0.39, 0.29) is 18.1 Å². The molecule has 3 aliphatic heterocycles. The summed E-state index contributed by atoms with van der Waals surface area (Å²) in [6.45, 7) is 3.53. The summed E-state index contributed by atoms with van der Waals surface area (Å²) in [5, 5.41) is 18.7. The number of nitrogens with zero attached hydrogens (tertiary/aromatic N) is 6. The van der Waals surface area contributed by atoms with Crippen LogP contribution in [0.1, 0.15) is 25.0 Å². The number of phenols is 1. The second-order valence-electron chi connectivity index (χ2n) is 10.6. The highest BCUT2D eigenvalue weighted by molar-refractivity contribution is 5.74.